The van der Waals surface area contributed by atoms with Crippen LogP contribution < -0.4 is 0 Å². The second kappa shape index (κ2) is 8.23. The Labute approximate surface area is 188 Å². The third kappa shape index (κ3) is 4.15. The van der Waals surface area contributed by atoms with E-state index in [0.29, 0.717) is 12.0 Å². The number of rotatable bonds is 5. The number of fused-ring (bicyclic) bond motifs is 1. The summed E-state index contributed by atoms with van der Waals surface area (Å²) in [5, 5.41) is 15.2. The van der Waals surface area contributed by atoms with Crippen molar-refractivity contribution in [3.05, 3.63) is 88.7 Å². The van der Waals surface area contributed by atoms with Gasteiger partial charge in [-0.05, 0) is 25.8 Å². The molecule has 5 heteroatoms. The van der Waals surface area contributed by atoms with Crippen LogP contribution in [0.4, 0.5) is 0 Å². The number of hydrogen-bond donors (Lipinski definition) is 1. The molecule has 0 aliphatic rings. The van der Waals surface area contributed by atoms with Crippen molar-refractivity contribution in [3.8, 4) is 11.3 Å². The van der Waals surface area contributed by atoms with E-state index in [1.807, 2.05) is 79.0 Å². The van der Waals surface area contributed by atoms with Crippen molar-refractivity contribution in [2.24, 2.45) is 0 Å². The molecule has 1 N–H and O–H groups in total. The maximum atomic E-state index is 12.5. The molecule has 1 atom stereocenters. The standard InChI is InChI=1S/C27H29N3O2/c1-17-11-13-20(14-12-17)25-24(21(26(31)32)15-19-9-7-6-8-10-19)18(2)28-23-16-22(27(3,4)5)29-30(23)25/h6-14,16,21H,15H2,1-5H3,(H,31,32). The molecule has 164 valence electrons. The topological polar surface area (TPSA) is 67.5 Å². The summed E-state index contributed by atoms with van der Waals surface area (Å²) in [4.78, 5) is 17.3. The molecule has 0 saturated heterocycles. The van der Waals surface area contributed by atoms with Gasteiger partial charge in [-0.15, -0.1) is 0 Å². The summed E-state index contributed by atoms with van der Waals surface area (Å²) in [7, 11) is 0. The largest absolute Gasteiger partial charge is 0.481 e. The van der Waals surface area contributed by atoms with E-state index in [4.69, 9.17) is 10.1 Å². The van der Waals surface area contributed by atoms with Gasteiger partial charge >= 0.3 is 5.97 Å². The zero-order chi connectivity index (χ0) is 23.0. The smallest absolute Gasteiger partial charge is 0.311 e. The highest BCUT2D eigenvalue weighted by Crippen LogP contribution is 2.35. The Kier molecular flexibility index (Phi) is 5.59. The van der Waals surface area contributed by atoms with Crippen molar-refractivity contribution >= 4 is 11.6 Å². The second-order valence-electron chi connectivity index (χ2n) is 9.46. The molecule has 0 fully saturated rings. The Morgan fingerprint density at radius 2 is 1.69 bits per heavy atom. The molecule has 0 saturated carbocycles. The van der Waals surface area contributed by atoms with E-state index in [0.717, 1.165) is 39.4 Å². The first-order valence-electron chi connectivity index (χ1n) is 10.9. The van der Waals surface area contributed by atoms with Crippen LogP contribution in [0.15, 0.2) is 60.7 Å². The molecule has 2 heterocycles. The van der Waals surface area contributed by atoms with Crippen molar-refractivity contribution in [3.63, 3.8) is 0 Å². The van der Waals surface area contributed by atoms with Crippen LogP contribution in [-0.4, -0.2) is 25.7 Å². The SMILES string of the molecule is Cc1ccc(-c2c(C(Cc3ccccc3)C(=O)O)c(C)nc3cc(C(C)(C)C)nn23)cc1. The van der Waals surface area contributed by atoms with Gasteiger partial charge in [0, 0.05) is 28.3 Å². The van der Waals surface area contributed by atoms with Crippen LogP contribution in [0.5, 0.6) is 0 Å². The third-order valence-electron chi connectivity index (χ3n) is 5.85. The van der Waals surface area contributed by atoms with Gasteiger partial charge in [0.1, 0.15) is 0 Å². The van der Waals surface area contributed by atoms with Crippen LogP contribution in [0.25, 0.3) is 16.9 Å². The number of aryl methyl sites for hydroxylation is 2. The summed E-state index contributed by atoms with van der Waals surface area (Å²) in [5.41, 5.74) is 6.79. The highest BCUT2D eigenvalue weighted by atomic mass is 16.4. The first kappa shape index (κ1) is 21.8. The lowest BCUT2D eigenvalue weighted by Gasteiger charge is -2.20. The minimum atomic E-state index is -0.866. The van der Waals surface area contributed by atoms with Crippen molar-refractivity contribution in [1.82, 2.24) is 14.6 Å². The number of hydrogen-bond acceptors (Lipinski definition) is 3. The molecule has 4 rings (SSSR count). The van der Waals surface area contributed by atoms with Gasteiger partial charge in [0.2, 0.25) is 0 Å². The lowest BCUT2D eigenvalue weighted by molar-refractivity contribution is -0.138. The predicted molar refractivity (Wildman–Crippen MR) is 127 cm³/mol. The summed E-state index contributed by atoms with van der Waals surface area (Å²) in [6.45, 7) is 10.3. The normalized spacial score (nSPS) is 12.8. The minimum Gasteiger partial charge on any atom is -0.481 e. The molecule has 0 radical (unpaired) electrons. The van der Waals surface area contributed by atoms with Crippen molar-refractivity contribution in [2.75, 3.05) is 0 Å². The Hall–Kier alpha value is -3.47. The Bertz CT molecular complexity index is 1270. The highest BCUT2D eigenvalue weighted by molar-refractivity contribution is 5.82. The molecule has 1 unspecified atom stereocenters. The van der Waals surface area contributed by atoms with Crippen molar-refractivity contribution in [2.45, 2.75) is 52.4 Å². The Morgan fingerprint density at radius 1 is 1.03 bits per heavy atom. The first-order valence-corrected chi connectivity index (χ1v) is 10.9. The van der Waals surface area contributed by atoms with E-state index in [9.17, 15) is 9.90 Å². The summed E-state index contributed by atoms with van der Waals surface area (Å²) in [6.07, 6.45) is 0.385. The Morgan fingerprint density at radius 3 is 2.28 bits per heavy atom. The lowest BCUT2D eigenvalue weighted by atomic mass is 9.87. The van der Waals surface area contributed by atoms with Gasteiger partial charge in [-0.25, -0.2) is 9.50 Å². The number of carboxylic acids is 1. The van der Waals surface area contributed by atoms with Gasteiger partial charge in [-0.3, -0.25) is 4.79 Å². The van der Waals surface area contributed by atoms with E-state index in [1.54, 1.807) is 0 Å². The molecule has 0 aliphatic heterocycles. The van der Waals surface area contributed by atoms with Crippen LogP contribution in [0.2, 0.25) is 0 Å². The predicted octanol–water partition coefficient (Wildman–Crippen LogP) is 5.72. The van der Waals surface area contributed by atoms with Crippen LogP contribution in [0.3, 0.4) is 0 Å². The van der Waals surface area contributed by atoms with Crippen molar-refractivity contribution in [1.29, 1.82) is 0 Å². The monoisotopic (exact) mass is 427 g/mol. The zero-order valence-electron chi connectivity index (χ0n) is 19.3. The molecule has 0 spiro atoms. The molecular formula is C27H29N3O2. The molecule has 0 amide bonds. The molecule has 0 aliphatic carbocycles. The summed E-state index contributed by atoms with van der Waals surface area (Å²) < 4.78 is 1.83. The number of nitrogens with zero attached hydrogens (tertiary/aromatic N) is 3. The molecule has 2 aromatic heterocycles. The van der Waals surface area contributed by atoms with Gasteiger partial charge in [-0.1, -0.05) is 80.9 Å². The quantitative estimate of drug-likeness (QED) is 0.442. The minimum absolute atomic E-state index is 0.150. The van der Waals surface area contributed by atoms with Crippen LogP contribution in [-0.2, 0) is 16.6 Å². The summed E-state index contributed by atoms with van der Waals surface area (Å²) >= 11 is 0. The van der Waals surface area contributed by atoms with E-state index >= 15 is 0 Å². The number of benzene rings is 2. The van der Waals surface area contributed by atoms with Crippen LogP contribution in [0, 0.1) is 13.8 Å². The highest BCUT2D eigenvalue weighted by Gasteiger charge is 2.30. The van der Waals surface area contributed by atoms with E-state index in [1.165, 1.54) is 0 Å². The zero-order valence-corrected chi connectivity index (χ0v) is 19.3. The molecule has 0 bridgehead atoms. The maximum absolute atomic E-state index is 12.5. The van der Waals surface area contributed by atoms with E-state index < -0.39 is 11.9 Å². The lowest BCUT2D eigenvalue weighted by Crippen LogP contribution is -2.19. The number of carboxylic acid groups (broad SMARTS) is 1. The fourth-order valence-electron chi connectivity index (χ4n) is 4.07. The fraction of sp³-hybridized carbons (Fsp3) is 0.296. The maximum Gasteiger partial charge on any atom is 0.311 e. The molecule has 2 aromatic carbocycles. The fourth-order valence-corrected chi connectivity index (χ4v) is 4.07. The van der Waals surface area contributed by atoms with Crippen LogP contribution in [0.1, 0.15) is 54.8 Å². The average Bonchev–Trinajstić information content (AvgIpc) is 3.17. The van der Waals surface area contributed by atoms with Gasteiger partial charge in [0.05, 0.1) is 17.3 Å². The third-order valence-corrected chi connectivity index (χ3v) is 5.85. The molecular weight excluding hydrogens is 398 g/mol. The molecule has 32 heavy (non-hydrogen) atoms. The van der Waals surface area contributed by atoms with Gasteiger partial charge in [-0.2, -0.15) is 5.10 Å². The summed E-state index contributed by atoms with van der Waals surface area (Å²) in [6, 6.07) is 19.9. The number of carbonyl (C=O) groups is 1. The first-order chi connectivity index (χ1) is 15.1. The Balaban J connectivity index is 2.01. The van der Waals surface area contributed by atoms with Crippen molar-refractivity contribution < 1.29 is 9.90 Å². The molecule has 5 nitrogen and oxygen atoms in total. The van der Waals surface area contributed by atoms with E-state index in [-0.39, 0.29) is 5.41 Å². The van der Waals surface area contributed by atoms with Gasteiger partial charge in [0.15, 0.2) is 5.65 Å². The summed E-state index contributed by atoms with van der Waals surface area (Å²) in [5.74, 6) is -1.61. The van der Waals surface area contributed by atoms with E-state index in [2.05, 4.69) is 20.8 Å². The molecule has 4 aromatic rings. The average molecular weight is 428 g/mol. The van der Waals surface area contributed by atoms with Gasteiger partial charge in [0.25, 0.3) is 0 Å². The number of aromatic nitrogens is 3. The number of aliphatic carboxylic acids is 1. The second-order valence-corrected chi connectivity index (χ2v) is 9.46. The van der Waals surface area contributed by atoms with Gasteiger partial charge < -0.3 is 5.11 Å². The van der Waals surface area contributed by atoms with Crippen LogP contribution >= 0.6 is 0 Å².